The van der Waals surface area contributed by atoms with Gasteiger partial charge in [0.05, 0.1) is 0 Å². The first-order valence-corrected chi connectivity index (χ1v) is 5.83. The molecule has 74 valence electrons. The SMILES string of the molecule is CCS(=O)(=O)Cc1nnc(C)n1C. The van der Waals surface area contributed by atoms with Crippen molar-refractivity contribution in [1.29, 1.82) is 0 Å². The van der Waals surface area contributed by atoms with Crippen LogP contribution in [0.15, 0.2) is 0 Å². The van der Waals surface area contributed by atoms with Gasteiger partial charge in [-0.05, 0) is 6.92 Å². The molecule has 13 heavy (non-hydrogen) atoms. The molecule has 0 unspecified atom stereocenters. The monoisotopic (exact) mass is 203 g/mol. The maximum Gasteiger partial charge on any atom is 0.157 e. The van der Waals surface area contributed by atoms with Gasteiger partial charge in [-0.2, -0.15) is 0 Å². The Morgan fingerprint density at radius 1 is 1.38 bits per heavy atom. The standard InChI is InChI=1S/C7H13N3O2S/c1-4-13(11,12)5-7-9-8-6(2)10(7)3/h4-5H2,1-3H3. The minimum Gasteiger partial charge on any atom is -0.317 e. The summed E-state index contributed by atoms with van der Waals surface area (Å²) in [6.45, 7) is 3.41. The number of rotatable bonds is 3. The predicted molar refractivity (Wildman–Crippen MR) is 48.9 cm³/mol. The van der Waals surface area contributed by atoms with Crippen LogP contribution in [0.2, 0.25) is 0 Å². The molecule has 0 aliphatic rings. The summed E-state index contributed by atoms with van der Waals surface area (Å²) in [5.74, 6) is 1.33. The van der Waals surface area contributed by atoms with Crippen LogP contribution in [0.4, 0.5) is 0 Å². The fourth-order valence-electron chi connectivity index (χ4n) is 0.875. The summed E-state index contributed by atoms with van der Waals surface area (Å²) in [4.78, 5) is 0. The first-order valence-electron chi connectivity index (χ1n) is 4.01. The Hall–Kier alpha value is -0.910. The Balaban J connectivity index is 2.93. The molecule has 0 atom stereocenters. The molecule has 0 aliphatic heterocycles. The minimum absolute atomic E-state index is 0.0269. The van der Waals surface area contributed by atoms with Crippen molar-refractivity contribution in [1.82, 2.24) is 14.8 Å². The lowest BCUT2D eigenvalue weighted by atomic mass is 10.6. The number of aromatic nitrogens is 3. The van der Waals surface area contributed by atoms with Crippen molar-refractivity contribution < 1.29 is 8.42 Å². The van der Waals surface area contributed by atoms with Gasteiger partial charge >= 0.3 is 0 Å². The van der Waals surface area contributed by atoms with Crippen LogP contribution in [0.3, 0.4) is 0 Å². The van der Waals surface area contributed by atoms with Gasteiger partial charge in [-0.15, -0.1) is 10.2 Å². The molecule has 0 saturated carbocycles. The minimum atomic E-state index is -3.01. The molecule has 5 nitrogen and oxygen atoms in total. The van der Waals surface area contributed by atoms with Gasteiger partial charge in [0.2, 0.25) is 0 Å². The molecule has 0 saturated heterocycles. The average Bonchev–Trinajstić information content (AvgIpc) is 2.36. The van der Waals surface area contributed by atoms with Gasteiger partial charge in [0, 0.05) is 12.8 Å². The summed E-state index contributed by atoms with van der Waals surface area (Å²) < 4.78 is 24.2. The van der Waals surface area contributed by atoms with Crippen molar-refractivity contribution in [2.24, 2.45) is 7.05 Å². The largest absolute Gasteiger partial charge is 0.317 e. The van der Waals surface area contributed by atoms with Gasteiger partial charge in [-0.1, -0.05) is 6.92 Å². The molecule has 0 amide bonds. The summed E-state index contributed by atoms with van der Waals surface area (Å²) in [5.41, 5.74) is 0. The zero-order chi connectivity index (χ0) is 10.1. The van der Waals surface area contributed by atoms with Crippen LogP contribution in [0.5, 0.6) is 0 Å². The topological polar surface area (TPSA) is 64.8 Å². The highest BCUT2D eigenvalue weighted by Gasteiger charge is 2.14. The smallest absolute Gasteiger partial charge is 0.157 e. The highest BCUT2D eigenvalue weighted by atomic mass is 32.2. The van der Waals surface area contributed by atoms with Crippen LogP contribution >= 0.6 is 0 Å². The third kappa shape index (κ3) is 2.27. The van der Waals surface area contributed by atoms with E-state index in [0.29, 0.717) is 5.82 Å². The van der Waals surface area contributed by atoms with Crippen molar-refractivity contribution in [2.45, 2.75) is 19.6 Å². The first kappa shape index (κ1) is 10.2. The second-order valence-corrected chi connectivity index (χ2v) is 5.25. The van der Waals surface area contributed by atoms with Crippen molar-refractivity contribution in [2.75, 3.05) is 5.75 Å². The van der Waals surface area contributed by atoms with Gasteiger partial charge < -0.3 is 4.57 Å². The van der Waals surface area contributed by atoms with Crippen LogP contribution in [0, 0.1) is 6.92 Å². The molecule has 0 aromatic carbocycles. The molecular formula is C7H13N3O2S. The lowest BCUT2D eigenvalue weighted by molar-refractivity contribution is 0.593. The van der Waals surface area contributed by atoms with Gasteiger partial charge in [-0.3, -0.25) is 0 Å². The van der Waals surface area contributed by atoms with Gasteiger partial charge in [0.15, 0.2) is 9.84 Å². The molecule has 1 aromatic heterocycles. The van der Waals surface area contributed by atoms with Crippen LogP contribution in [-0.2, 0) is 22.6 Å². The maximum absolute atomic E-state index is 11.2. The van der Waals surface area contributed by atoms with Crippen LogP contribution in [0.25, 0.3) is 0 Å². The third-order valence-electron chi connectivity index (χ3n) is 1.97. The highest BCUT2D eigenvalue weighted by molar-refractivity contribution is 7.90. The fourth-order valence-corrected chi connectivity index (χ4v) is 1.72. The molecule has 1 rings (SSSR count). The number of aryl methyl sites for hydroxylation is 1. The molecule has 0 N–H and O–H groups in total. The number of hydrogen-bond acceptors (Lipinski definition) is 4. The predicted octanol–water partition coefficient (Wildman–Crippen LogP) is 0.0582. The van der Waals surface area contributed by atoms with Crippen molar-refractivity contribution in [3.05, 3.63) is 11.6 Å². The molecule has 1 aromatic rings. The van der Waals surface area contributed by atoms with E-state index in [1.54, 1.807) is 25.5 Å². The zero-order valence-electron chi connectivity index (χ0n) is 7.98. The number of nitrogens with zero attached hydrogens (tertiary/aromatic N) is 3. The van der Waals surface area contributed by atoms with Crippen LogP contribution < -0.4 is 0 Å². The number of sulfone groups is 1. The Bertz CT molecular complexity index is 394. The molecule has 0 fully saturated rings. The Morgan fingerprint density at radius 2 is 2.00 bits per heavy atom. The molecule has 0 radical (unpaired) electrons. The van der Waals surface area contributed by atoms with E-state index in [-0.39, 0.29) is 11.5 Å². The lowest BCUT2D eigenvalue weighted by Gasteiger charge is -2.00. The normalized spacial score (nSPS) is 11.9. The average molecular weight is 203 g/mol. The van der Waals surface area contributed by atoms with Crippen molar-refractivity contribution >= 4 is 9.84 Å². The molecular weight excluding hydrogens is 190 g/mol. The fraction of sp³-hybridized carbons (Fsp3) is 0.714. The highest BCUT2D eigenvalue weighted by Crippen LogP contribution is 2.04. The summed E-state index contributed by atoms with van der Waals surface area (Å²) in [5, 5.41) is 7.57. The van der Waals surface area contributed by atoms with E-state index in [1.807, 2.05) is 0 Å². The molecule has 1 heterocycles. The van der Waals surface area contributed by atoms with Crippen molar-refractivity contribution in [3.63, 3.8) is 0 Å². The summed E-state index contributed by atoms with van der Waals surface area (Å²) >= 11 is 0. The number of hydrogen-bond donors (Lipinski definition) is 0. The quantitative estimate of drug-likeness (QED) is 0.696. The van der Waals surface area contributed by atoms with Crippen LogP contribution in [-0.4, -0.2) is 28.9 Å². The lowest BCUT2D eigenvalue weighted by Crippen LogP contribution is -2.11. The zero-order valence-corrected chi connectivity index (χ0v) is 8.80. The summed E-state index contributed by atoms with van der Waals surface area (Å²) in [7, 11) is -1.25. The third-order valence-corrected chi connectivity index (χ3v) is 3.55. The van der Waals surface area contributed by atoms with Crippen LogP contribution in [0.1, 0.15) is 18.6 Å². The van der Waals surface area contributed by atoms with Gasteiger partial charge in [0.1, 0.15) is 17.4 Å². The Kier molecular flexibility index (Phi) is 2.70. The van der Waals surface area contributed by atoms with E-state index >= 15 is 0 Å². The second kappa shape index (κ2) is 3.45. The van der Waals surface area contributed by atoms with Gasteiger partial charge in [-0.25, -0.2) is 8.42 Å². The summed E-state index contributed by atoms with van der Waals surface area (Å²) in [6.07, 6.45) is 0. The van der Waals surface area contributed by atoms with E-state index in [4.69, 9.17) is 0 Å². The van der Waals surface area contributed by atoms with E-state index < -0.39 is 9.84 Å². The van der Waals surface area contributed by atoms with E-state index in [0.717, 1.165) is 5.82 Å². The first-order chi connectivity index (χ1) is 5.96. The molecule has 0 spiro atoms. The van der Waals surface area contributed by atoms with Gasteiger partial charge in [0.25, 0.3) is 0 Å². The van der Waals surface area contributed by atoms with E-state index in [2.05, 4.69) is 10.2 Å². The van der Waals surface area contributed by atoms with Crippen molar-refractivity contribution in [3.8, 4) is 0 Å². The molecule has 0 bridgehead atoms. The second-order valence-electron chi connectivity index (χ2n) is 2.90. The maximum atomic E-state index is 11.2. The molecule has 6 heteroatoms. The van der Waals surface area contributed by atoms with E-state index in [1.165, 1.54) is 0 Å². The van der Waals surface area contributed by atoms with E-state index in [9.17, 15) is 8.42 Å². The Labute approximate surface area is 77.7 Å². The Morgan fingerprint density at radius 3 is 2.38 bits per heavy atom. The molecule has 0 aliphatic carbocycles. The summed E-state index contributed by atoms with van der Waals surface area (Å²) in [6, 6.07) is 0.